The van der Waals surface area contributed by atoms with Crippen LogP contribution < -0.4 is 10.6 Å². The molecule has 0 radical (unpaired) electrons. The highest BCUT2D eigenvalue weighted by Crippen LogP contribution is 2.25. The van der Waals surface area contributed by atoms with Gasteiger partial charge in [-0.05, 0) is 31.3 Å². The molecule has 98 valence electrons. The van der Waals surface area contributed by atoms with Gasteiger partial charge in [-0.25, -0.2) is 0 Å². The minimum absolute atomic E-state index is 0.161. The molecule has 0 amide bonds. The second kappa shape index (κ2) is 4.84. The summed E-state index contributed by atoms with van der Waals surface area (Å²) < 4.78 is 5.93. The molecule has 0 bridgehead atoms. The topological polar surface area (TPSA) is 36.5 Å². The first kappa shape index (κ1) is 11.9. The zero-order valence-electron chi connectivity index (χ0n) is 10.9. The van der Waals surface area contributed by atoms with Crippen molar-refractivity contribution in [1.82, 2.24) is 15.5 Å². The van der Waals surface area contributed by atoms with Crippen LogP contribution >= 0.6 is 0 Å². The van der Waals surface area contributed by atoms with E-state index in [1.54, 1.807) is 0 Å². The molecule has 3 rings (SSSR count). The summed E-state index contributed by atoms with van der Waals surface area (Å²) in [4.78, 5) is 2.64. The highest BCUT2D eigenvalue weighted by atomic mass is 16.5. The number of hydrogen-bond donors (Lipinski definition) is 2. The lowest BCUT2D eigenvalue weighted by molar-refractivity contribution is -0.138. The number of ether oxygens (including phenoxy) is 1. The SMILES string of the molecule is CC1CNCCC1CN1CCOC2(CNC2)C1. The van der Waals surface area contributed by atoms with Crippen LogP contribution in [0, 0.1) is 11.8 Å². The Labute approximate surface area is 104 Å². The fourth-order valence-corrected chi connectivity index (χ4v) is 3.37. The van der Waals surface area contributed by atoms with E-state index in [1.165, 1.54) is 26.1 Å². The van der Waals surface area contributed by atoms with Crippen molar-refractivity contribution in [2.45, 2.75) is 18.9 Å². The maximum atomic E-state index is 5.93. The van der Waals surface area contributed by atoms with E-state index in [4.69, 9.17) is 4.74 Å². The number of rotatable bonds is 2. The van der Waals surface area contributed by atoms with Crippen LogP contribution in [0.3, 0.4) is 0 Å². The van der Waals surface area contributed by atoms with Crippen LogP contribution in [0.4, 0.5) is 0 Å². The van der Waals surface area contributed by atoms with Gasteiger partial charge in [0.15, 0.2) is 0 Å². The van der Waals surface area contributed by atoms with Crippen LogP contribution in [0.2, 0.25) is 0 Å². The summed E-state index contributed by atoms with van der Waals surface area (Å²) in [6, 6.07) is 0. The molecular formula is C13H25N3O. The smallest absolute Gasteiger partial charge is 0.106 e. The number of morpholine rings is 1. The predicted octanol–water partition coefficient (Wildman–Crippen LogP) is -0.0938. The predicted molar refractivity (Wildman–Crippen MR) is 68.1 cm³/mol. The first-order valence-corrected chi connectivity index (χ1v) is 7.05. The molecule has 3 saturated heterocycles. The second-order valence-electron chi connectivity index (χ2n) is 6.10. The third-order valence-corrected chi connectivity index (χ3v) is 4.68. The van der Waals surface area contributed by atoms with Gasteiger partial charge in [0.05, 0.1) is 6.61 Å². The summed E-state index contributed by atoms with van der Waals surface area (Å²) in [5, 5.41) is 6.83. The Kier molecular flexibility index (Phi) is 3.39. The van der Waals surface area contributed by atoms with Crippen molar-refractivity contribution in [1.29, 1.82) is 0 Å². The van der Waals surface area contributed by atoms with Gasteiger partial charge in [-0.3, -0.25) is 4.90 Å². The summed E-state index contributed by atoms with van der Waals surface area (Å²) in [6.45, 7) is 11.3. The Bertz CT molecular complexity index is 267. The van der Waals surface area contributed by atoms with Crippen molar-refractivity contribution in [2.24, 2.45) is 11.8 Å². The van der Waals surface area contributed by atoms with E-state index in [0.717, 1.165) is 44.6 Å². The molecule has 4 nitrogen and oxygen atoms in total. The third kappa shape index (κ3) is 2.50. The fourth-order valence-electron chi connectivity index (χ4n) is 3.37. The van der Waals surface area contributed by atoms with E-state index < -0.39 is 0 Å². The second-order valence-corrected chi connectivity index (χ2v) is 6.10. The molecule has 3 heterocycles. The average molecular weight is 239 g/mol. The summed E-state index contributed by atoms with van der Waals surface area (Å²) in [5.41, 5.74) is 0.161. The molecule has 2 unspecified atom stereocenters. The Morgan fingerprint density at radius 2 is 2.24 bits per heavy atom. The molecule has 4 heteroatoms. The molecule has 3 aliphatic heterocycles. The number of hydrogen-bond acceptors (Lipinski definition) is 4. The molecular weight excluding hydrogens is 214 g/mol. The summed E-state index contributed by atoms with van der Waals surface area (Å²) in [7, 11) is 0. The Balaban J connectivity index is 1.53. The quantitative estimate of drug-likeness (QED) is 0.706. The van der Waals surface area contributed by atoms with Gasteiger partial charge >= 0.3 is 0 Å². The van der Waals surface area contributed by atoms with E-state index >= 15 is 0 Å². The van der Waals surface area contributed by atoms with Gasteiger partial charge in [-0.15, -0.1) is 0 Å². The maximum Gasteiger partial charge on any atom is 0.106 e. The first-order valence-electron chi connectivity index (χ1n) is 7.05. The molecule has 0 aromatic rings. The molecule has 0 aliphatic carbocycles. The van der Waals surface area contributed by atoms with Gasteiger partial charge in [-0.2, -0.15) is 0 Å². The molecule has 17 heavy (non-hydrogen) atoms. The standard InChI is InChI=1S/C13H25N3O/c1-11-6-14-3-2-12(11)7-16-4-5-17-13(10-16)8-15-9-13/h11-12,14-15H,2-10H2,1H3. The highest BCUT2D eigenvalue weighted by Gasteiger charge is 2.42. The van der Waals surface area contributed by atoms with Crippen molar-refractivity contribution >= 4 is 0 Å². The number of nitrogens with one attached hydrogen (secondary N) is 2. The molecule has 0 aromatic heterocycles. The van der Waals surface area contributed by atoms with Gasteiger partial charge in [0.2, 0.25) is 0 Å². The lowest BCUT2D eigenvalue weighted by Gasteiger charge is -2.49. The zero-order valence-corrected chi connectivity index (χ0v) is 10.9. The van der Waals surface area contributed by atoms with E-state index in [9.17, 15) is 0 Å². The van der Waals surface area contributed by atoms with Crippen LogP contribution in [0.1, 0.15) is 13.3 Å². The largest absolute Gasteiger partial charge is 0.370 e. The van der Waals surface area contributed by atoms with Crippen molar-refractivity contribution < 1.29 is 4.74 Å². The monoisotopic (exact) mass is 239 g/mol. The van der Waals surface area contributed by atoms with Crippen molar-refractivity contribution in [2.75, 3.05) is 52.4 Å². The lowest BCUT2D eigenvalue weighted by atomic mass is 9.86. The van der Waals surface area contributed by atoms with Gasteiger partial charge in [-0.1, -0.05) is 6.92 Å². The first-order chi connectivity index (χ1) is 8.27. The summed E-state index contributed by atoms with van der Waals surface area (Å²) in [5.74, 6) is 1.70. The Morgan fingerprint density at radius 1 is 1.35 bits per heavy atom. The van der Waals surface area contributed by atoms with Crippen molar-refractivity contribution in [3.05, 3.63) is 0 Å². The number of piperidine rings is 1. The van der Waals surface area contributed by atoms with Gasteiger partial charge in [0, 0.05) is 32.7 Å². The Morgan fingerprint density at radius 3 is 2.94 bits per heavy atom. The van der Waals surface area contributed by atoms with Crippen LogP contribution in [0.25, 0.3) is 0 Å². The lowest BCUT2D eigenvalue weighted by Crippen LogP contribution is -2.69. The van der Waals surface area contributed by atoms with E-state index in [0.29, 0.717) is 0 Å². The zero-order chi connectivity index (χ0) is 11.7. The molecule has 2 atom stereocenters. The van der Waals surface area contributed by atoms with Crippen LogP contribution in [0.5, 0.6) is 0 Å². The molecule has 2 N–H and O–H groups in total. The third-order valence-electron chi connectivity index (χ3n) is 4.68. The van der Waals surface area contributed by atoms with Gasteiger partial charge < -0.3 is 15.4 Å². The van der Waals surface area contributed by atoms with Crippen LogP contribution in [-0.2, 0) is 4.74 Å². The van der Waals surface area contributed by atoms with Gasteiger partial charge in [0.1, 0.15) is 5.60 Å². The minimum atomic E-state index is 0.161. The van der Waals surface area contributed by atoms with Crippen LogP contribution in [-0.4, -0.2) is 62.9 Å². The molecule has 0 saturated carbocycles. The fraction of sp³-hybridized carbons (Fsp3) is 1.00. The Hall–Kier alpha value is -0.160. The highest BCUT2D eigenvalue weighted by molar-refractivity contribution is 4.99. The maximum absolute atomic E-state index is 5.93. The molecule has 3 aliphatic rings. The van der Waals surface area contributed by atoms with E-state index in [-0.39, 0.29) is 5.60 Å². The number of nitrogens with zero attached hydrogens (tertiary/aromatic N) is 1. The van der Waals surface area contributed by atoms with Crippen LogP contribution in [0.15, 0.2) is 0 Å². The molecule has 3 fully saturated rings. The summed E-state index contributed by atoms with van der Waals surface area (Å²) in [6.07, 6.45) is 1.34. The van der Waals surface area contributed by atoms with E-state index in [2.05, 4.69) is 22.5 Å². The normalized spacial score (nSPS) is 37.9. The van der Waals surface area contributed by atoms with Gasteiger partial charge in [0.25, 0.3) is 0 Å². The van der Waals surface area contributed by atoms with Crippen molar-refractivity contribution in [3.63, 3.8) is 0 Å². The minimum Gasteiger partial charge on any atom is -0.370 e. The average Bonchev–Trinajstić information content (AvgIpc) is 2.31. The summed E-state index contributed by atoms with van der Waals surface area (Å²) >= 11 is 0. The molecule has 0 aromatic carbocycles. The van der Waals surface area contributed by atoms with Crippen molar-refractivity contribution in [3.8, 4) is 0 Å². The van der Waals surface area contributed by atoms with E-state index in [1.807, 2.05) is 0 Å². The molecule has 1 spiro atoms.